The quantitative estimate of drug-likeness (QED) is 0.886. The monoisotopic (exact) mass is 326 g/mol. The summed E-state index contributed by atoms with van der Waals surface area (Å²) in [5, 5.41) is 2.85. The molecule has 0 atom stereocenters. The maximum atomic E-state index is 12.3. The number of rotatable bonds is 6. The molecule has 0 unspecified atom stereocenters. The Morgan fingerprint density at radius 1 is 1.21 bits per heavy atom. The molecule has 126 valence electrons. The average molecular weight is 326 g/mol. The van der Waals surface area contributed by atoms with Crippen molar-refractivity contribution in [3.8, 4) is 5.75 Å². The fourth-order valence-electron chi connectivity index (χ4n) is 2.80. The highest BCUT2D eigenvalue weighted by Gasteiger charge is 2.26. The number of benzene rings is 2. The Balaban J connectivity index is 0.00000225. The van der Waals surface area contributed by atoms with Crippen molar-refractivity contribution < 1.29 is 15.8 Å². The molecule has 1 aliphatic rings. The molecule has 5 heteroatoms. The number of carbonyl (C=O) groups is 2. The molecule has 0 bridgehead atoms. The van der Waals surface area contributed by atoms with Crippen LogP contribution in [0, 0.1) is 0 Å². The molecule has 2 aromatic rings. The van der Waals surface area contributed by atoms with E-state index in [0.717, 1.165) is 11.1 Å². The van der Waals surface area contributed by atoms with Crippen molar-refractivity contribution in [1.82, 2.24) is 4.90 Å². The Hall–Kier alpha value is -2.82. The SMILES string of the molecule is CCOc1ccccc1NC(=O)CCN1Cc2ccccc2C1=O.[HH]. The van der Waals surface area contributed by atoms with Crippen LogP contribution in [0.15, 0.2) is 48.5 Å². The zero-order valence-corrected chi connectivity index (χ0v) is 13.6. The van der Waals surface area contributed by atoms with Gasteiger partial charge in [-0.25, -0.2) is 0 Å². The van der Waals surface area contributed by atoms with Crippen LogP contribution in [-0.4, -0.2) is 29.9 Å². The molecular weight excluding hydrogens is 304 g/mol. The summed E-state index contributed by atoms with van der Waals surface area (Å²) >= 11 is 0. The van der Waals surface area contributed by atoms with Gasteiger partial charge in [-0.2, -0.15) is 0 Å². The minimum atomic E-state index is -0.133. The highest BCUT2D eigenvalue weighted by Crippen LogP contribution is 2.25. The predicted molar refractivity (Wildman–Crippen MR) is 94.2 cm³/mol. The summed E-state index contributed by atoms with van der Waals surface area (Å²) in [6, 6.07) is 14.9. The topological polar surface area (TPSA) is 58.6 Å². The molecule has 0 aliphatic carbocycles. The lowest BCUT2D eigenvalue weighted by Gasteiger charge is -2.16. The van der Waals surface area contributed by atoms with E-state index in [0.29, 0.717) is 31.1 Å². The maximum Gasteiger partial charge on any atom is 0.254 e. The number of carbonyl (C=O) groups excluding carboxylic acids is 2. The third kappa shape index (κ3) is 3.40. The van der Waals surface area contributed by atoms with Crippen LogP contribution in [0.25, 0.3) is 0 Å². The molecule has 1 heterocycles. The third-order valence-corrected chi connectivity index (χ3v) is 3.97. The summed E-state index contributed by atoms with van der Waals surface area (Å²) in [6.07, 6.45) is 0.250. The lowest BCUT2D eigenvalue weighted by molar-refractivity contribution is -0.116. The number of hydrogen-bond donors (Lipinski definition) is 1. The molecule has 0 saturated carbocycles. The smallest absolute Gasteiger partial charge is 0.254 e. The molecule has 2 aromatic carbocycles. The van der Waals surface area contributed by atoms with Crippen LogP contribution < -0.4 is 10.1 Å². The summed E-state index contributed by atoms with van der Waals surface area (Å²) in [4.78, 5) is 26.2. The number of amides is 2. The fourth-order valence-corrected chi connectivity index (χ4v) is 2.80. The van der Waals surface area contributed by atoms with Crippen LogP contribution in [0.5, 0.6) is 5.75 Å². The first-order valence-electron chi connectivity index (χ1n) is 8.08. The van der Waals surface area contributed by atoms with E-state index in [1.54, 1.807) is 11.0 Å². The van der Waals surface area contributed by atoms with Crippen LogP contribution in [0.1, 0.15) is 30.7 Å². The first-order chi connectivity index (χ1) is 11.7. The van der Waals surface area contributed by atoms with Crippen molar-refractivity contribution in [2.45, 2.75) is 19.9 Å². The zero-order valence-electron chi connectivity index (χ0n) is 13.6. The summed E-state index contributed by atoms with van der Waals surface area (Å²) in [6.45, 7) is 3.40. The second kappa shape index (κ2) is 7.17. The minimum Gasteiger partial charge on any atom is -0.492 e. The van der Waals surface area contributed by atoms with Crippen molar-refractivity contribution in [3.63, 3.8) is 0 Å². The molecule has 0 spiro atoms. The van der Waals surface area contributed by atoms with Crippen LogP contribution in [0.3, 0.4) is 0 Å². The molecule has 1 aliphatic heterocycles. The number of nitrogens with zero attached hydrogens (tertiary/aromatic N) is 1. The largest absolute Gasteiger partial charge is 0.492 e. The summed E-state index contributed by atoms with van der Waals surface area (Å²) in [5.74, 6) is 0.511. The molecule has 3 rings (SSSR count). The second-order valence-electron chi connectivity index (χ2n) is 5.61. The Labute approximate surface area is 142 Å². The van der Waals surface area contributed by atoms with E-state index in [2.05, 4.69) is 5.32 Å². The Morgan fingerprint density at radius 3 is 2.75 bits per heavy atom. The number of para-hydroxylation sites is 2. The molecule has 1 N–H and O–H groups in total. The van der Waals surface area contributed by atoms with Crippen molar-refractivity contribution in [3.05, 3.63) is 59.7 Å². The van der Waals surface area contributed by atoms with E-state index >= 15 is 0 Å². The van der Waals surface area contributed by atoms with E-state index in [4.69, 9.17) is 4.74 Å². The van der Waals surface area contributed by atoms with E-state index in [1.165, 1.54) is 0 Å². The molecule has 0 aromatic heterocycles. The lowest BCUT2D eigenvalue weighted by atomic mass is 10.1. The lowest BCUT2D eigenvalue weighted by Crippen LogP contribution is -2.28. The number of fused-ring (bicyclic) bond motifs is 1. The third-order valence-electron chi connectivity index (χ3n) is 3.97. The molecule has 5 nitrogen and oxygen atoms in total. The van der Waals surface area contributed by atoms with Gasteiger partial charge in [-0.15, -0.1) is 0 Å². The standard InChI is InChI=1S/C19H20N2O3.H2/c1-2-24-17-10-6-5-9-16(17)20-18(22)11-12-21-13-14-7-3-4-8-15(14)19(21)23;/h3-10H,2,11-13H2,1H3,(H,20,22);1H. The van der Waals surface area contributed by atoms with Crippen molar-refractivity contribution in [2.24, 2.45) is 0 Å². The van der Waals surface area contributed by atoms with Crippen LogP contribution in [0.2, 0.25) is 0 Å². The average Bonchev–Trinajstić information content (AvgIpc) is 2.92. The van der Waals surface area contributed by atoms with Crippen molar-refractivity contribution in [2.75, 3.05) is 18.5 Å². The van der Waals surface area contributed by atoms with Gasteiger partial charge in [0.15, 0.2) is 0 Å². The molecule has 0 radical (unpaired) electrons. The Morgan fingerprint density at radius 2 is 1.96 bits per heavy atom. The number of ether oxygens (including phenoxy) is 1. The highest BCUT2D eigenvalue weighted by atomic mass is 16.5. The predicted octanol–water partition coefficient (Wildman–Crippen LogP) is 3.32. The summed E-state index contributed by atoms with van der Waals surface area (Å²) < 4.78 is 5.50. The zero-order chi connectivity index (χ0) is 16.9. The van der Waals surface area contributed by atoms with Gasteiger partial charge in [-0.1, -0.05) is 30.3 Å². The van der Waals surface area contributed by atoms with Crippen LogP contribution in [0.4, 0.5) is 5.69 Å². The second-order valence-corrected chi connectivity index (χ2v) is 5.61. The molecule has 0 saturated heterocycles. The van der Waals surface area contributed by atoms with Gasteiger partial charge in [0.2, 0.25) is 5.91 Å². The maximum absolute atomic E-state index is 12.3. The number of hydrogen-bond acceptors (Lipinski definition) is 3. The van der Waals surface area contributed by atoms with Crippen molar-refractivity contribution in [1.29, 1.82) is 0 Å². The van der Waals surface area contributed by atoms with Gasteiger partial charge in [0, 0.05) is 26.5 Å². The van der Waals surface area contributed by atoms with Crippen LogP contribution >= 0.6 is 0 Å². The Kier molecular flexibility index (Phi) is 4.79. The van der Waals surface area contributed by atoms with E-state index < -0.39 is 0 Å². The van der Waals surface area contributed by atoms with E-state index in [1.807, 2.05) is 49.4 Å². The summed E-state index contributed by atoms with van der Waals surface area (Å²) in [7, 11) is 0. The van der Waals surface area contributed by atoms with Gasteiger partial charge in [0.05, 0.1) is 12.3 Å². The molecule has 0 fully saturated rings. The van der Waals surface area contributed by atoms with Gasteiger partial charge >= 0.3 is 0 Å². The first kappa shape index (κ1) is 16.1. The molecule has 2 amide bonds. The van der Waals surface area contributed by atoms with Gasteiger partial charge in [-0.05, 0) is 30.7 Å². The molecule has 24 heavy (non-hydrogen) atoms. The number of anilines is 1. The van der Waals surface area contributed by atoms with Crippen molar-refractivity contribution >= 4 is 17.5 Å². The van der Waals surface area contributed by atoms with Gasteiger partial charge < -0.3 is 15.0 Å². The fraction of sp³-hybridized carbons (Fsp3) is 0.263. The molecular formula is C19H22N2O3. The van der Waals surface area contributed by atoms with E-state index in [9.17, 15) is 9.59 Å². The Bertz CT molecular complexity index is 764. The van der Waals surface area contributed by atoms with Crippen LogP contribution in [-0.2, 0) is 11.3 Å². The van der Waals surface area contributed by atoms with Gasteiger partial charge in [0.25, 0.3) is 5.91 Å². The first-order valence-corrected chi connectivity index (χ1v) is 8.08. The minimum absolute atomic E-state index is 0. The van der Waals surface area contributed by atoms with Gasteiger partial charge in [-0.3, -0.25) is 9.59 Å². The highest BCUT2D eigenvalue weighted by molar-refractivity contribution is 5.99. The summed E-state index contributed by atoms with van der Waals surface area (Å²) in [5.41, 5.74) is 2.41. The normalized spacial score (nSPS) is 12.9. The van der Waals surface area contributed by atoms with Gasteiger partial charge in [0.1, 0.15) is 5.75 Å². The number of nitrogens with one attached hydrogen (secondary N) is 1. The van der Waals surface area contributed by atoms with E-state index in [-0.39, 0.29) is 19.7 Å².